The smallest absolute Gasteiger partial charge is 0.241 e. The highest BCUT2D eigenvalue weighted by Crippen LogP contribution is 2.37. The third-order valence-corrected chi connectivity index (χ3v) is 7.38. The summed E-state index contributed by atoms with van der Waals surface area (Å²) in [6.45, 7) is 4.88. The van der Waals surface area contributed by atoms with Crippen LogP contribution in [0.3, 0.4) is 0 Å². The second-order valence-electron chi connectivity index (χ2n) is 7.87. The predicted molar refractivity (Wildman–Crippen MR) is 144 cm³/mol. The van der Waals surface area contributed by atoms with Gasteiger partial charge in [0.05, 0.1) is 16.4 Å². The van der Waals surface area contributed by atoms with Crippen molar-refractivity contribution in [2.75, 3.05) is 23.8 Å². The molecule has 1 amide bonds. The molecular formula is C23H27N5O4S3. The molecule has 0 radical (unpaired) electrons. The Balaban J connectivity index is 1.90. The molecule has 9 nitrogen and oxygen atoms in total. The lowest BCUT2D eigenvalue weighted by molar-refractivity contribution is -0.114. The average molecular weight is 534 g/mol. The summed E-state index contributed by atoms with van der Waals surface area (Å²) in [4.78, 5) is 16.6. The lowest BCUT2D eigenvalue weighted by Gasteiger charge is -2.13. The van der Waals surface area contributed by atoms with Crippen LogP contribution in [-0.2, 0) is 14.8 Å². The van der Waals surface area contributed by atoms with Crippen LogP contribution in [0, 0.1) is 0 Å². The van der Waals surface area contributed by atoms with Crippen LogP contribution in [0.15, 0.2) is 53.6 Å². The van der Waals surface area contributed by atoms with Crippen molar-refractivity contribution < 1.29 is 18.3 Å². The van der Waals surface area contributed by atoms with E-state index >= 15 is 0 Å². The summed E-state index contributed by atoms with van der Waals surface area (Å²) in [5, 5.41) is 19.2. The standard InChI is InChI=1S/C23H27N5O4S3/c1-14(2)26-23(33)28-17-6-4-16(5-7-17)22-24-13-20(34-22)19-9-8-18(27-15(3)30)12-21(19)35(31,32)25-10-11-29/h4-9,12-14,25,29H,10-11H2,1-3H3,(H,27,30)(H2,26,28,33). The number of anilines is 2. The lowest BCUT2D eigenvalue weighted by Crippen LogP contribution is -2.33. The van der Waals surface area contributed by atoms with Crippen LogP contribution < -0.4 is 20.7 Å². The number of carbonyl (C=O) groups is 1. The second-order valence-corrected chi connectivity index (χ2v) is 11.0. The second kappa shape index (κ2) is 11.7. The summed E-state index contributed by atoms with van der Waals surface area (Å²) in [5.74, 6) is -0.317. The number of amides is 1. The molecular weight excluding hydrogens is 506 g/mol. The number of nitrogens with one attached hydrogen (secondary N) is 4. The molecule has 0 unspecified atom stereocenters. The van der Waals surface area contributed by atoms with E-state index in [1.807, 2.05) is 38.1 Å². The highest BCUT2D eigenvalue weighted by molar-refractivity contribution is 7.89. The highest BCUT2D eigenvalue weighted by atomic mass is 32.2. The molecule has 0 saturated heterocycles. The van der Waals surface area contributed by atoms with Crippen molar-refractivity contribution >= 4 is 56.0 Å². The van der Waals surface area contributed by atoms with E-state index < -0.39 is 10.0 Å². The molecule has 3 rings (SSSR count). The number of thiocarbonyl (C=S) groups is 1. The van der Waals surface area contributed by atoms with Crippen molar-refractivity contribution in [3.05, 3.63) is 48.7 Å². The molecule has 2 aromatic carbocycles. The molecule has 3 aromatic rings. The maximum Gasteiger partial charge on any atom is 0.241 e. The van der Waals surface area contributed by atoms with E-state index in [9.17, 15) is 13.2 Å². The first-order valence-electron chi connectivity index (χ1n) is 10.8. The van der Waals surface area contributed by atoms with Crippen LogP contribution in [0.5, 0.6) is 0 Å². The molecule has 12 heteroatoms. The third-order valence-electron chi connectivity index (χ3n) is 4.58. The van der Waals surface area contributed by atoms with Gasteiger partial charge in [0, 0.05) is 48.2 Å². The zero-order valence-electron chi connectivity index (χ0n) is 19.5. The molecule has 0 atom stereocenters. The van der Waals surface area contributed by atoms with Crippen LogP contribution in [0.1, 0.15) is 20.8 Å². The van der Waals surface area contributed by atoms with Crippen LogP contribution in [-0.4, -0.2) is 48.7 Å². The first-order chi connectivity index (χ1) is 16.6. The van der Waals surface area contributed by atoms with E-state index in [0.717, 1.165) is 11.3 Å². The summed E-state index contributed by atoms with van der Waals surface area (Å²) in [7, 11) is -3.95. The molecule has 1 aromatic heterocycles. The topological polar surface area (TPSA) is 132 Å². The minimum Gasteiger partial charge on any atom is -0.395 e. The summed E-state index contributed by atoms with van der Waals surface area (Å²) in [6.07, 6.45) is 1.62. The number of aromatic nitrogens is 1. The summed E-state index contributed by atoms with van der Waals surface area (Å²) in [6, 6.07) is 12.5. The zero-order chi connectivity index (χ0) is 25.6. The predicted octanol–water partition coefficient (Wildman–Crippen LogP) is 3.40. The fourth-order valence-corrected chi connectivity index (χ4v) is 5.79. The fraction of sp³-hybridized carbons (Fsp3) is 0.261. The zero-order valence-corrected chi connectivity index (χ0v) is 21.9. The van der Waals surface area contributed by atoms with Gasteiger partial charge in [0.15, 0.2) is 5.11 Å². The average Bonchev–Trinajstić information content (AvgIpc) is 3.27. The number of sulfonamides is 1. The molecule has 0 fully saturated rings. The lowest BCUT2D eigenvalue weighted by atomic mass is 10.2. The summed E-state index contributed by atoms with van der Waals surface area (Å²) in [5.41, 5.74) is 2.49. The molecule has 0 aliphatic carbocycles. The Morgan fingerprint density at radius 1 is 1.11 bits per heavy atom. The van der Waals surface area contributed by atoms with Crippen molar-refractivity contribution in [2.45, 2.75) is 31.7 Å². The summed E-state index contributed by atoms with van der Waals surface area (Å²) < 4.78 is 28.2. The maximum atomic E-state index is 12.9. The van der Waals surface area contributed by atoms with Crippen molar-refractivity contribution in [1.82, 2.24) is 15.0 Å². The molecule has 0 spiro atoms. The maximum absolute atomic E-state index is 12.9. The number of benzene rings is 2. The Kier molecular flexibility index (Phi) is 8.92. The first kappa shape index (κ1) is 26.7. The van der Waals surface area contributed by atoms with Crippen molar-refractivity contribution in [1.29, 1.82) is 0 Å². The van der Waals surface area contributed by atoms with Crippen LogP contribution in [0.2, 0.25) is 0 Å². The fourth-order valence-electron chi connectivity index (χ4n) is 3.14. The molecule has 0 aliphatic rings. The van der Waals surface area contributed by atoms with Gasteiger partial charge in [-0.2, -0.15) is 0 Å². The number of thiazole rings is 1. The van der Waals surface area contributed by atoms with E-state index in [1.54, 1.807) is 18.3 Å². The van der Waals surface area contributed by atoms with Crippen molar-refractivity contribution in [2.24, 2.45) is 0 Å². The molecule has 1 heterocycles. The van der Waals surface area contributed by atoms with E-state index in [2.05, 4.69) is 25.7 Å². The molecule has 0 bridgehead atoms. The first-order valence-corrected chi connectivity index (χ1v) is 13.5. The minimum atomic E-state index is -3.95. The van der Waals surface area contributed by atoms with Crippen molar-refractivity contribution in [3.8, 4) is 21.0 Å². The Morgan fingerprint density at radius 3 is 2.43 bits per heavy atom. The van der Waals surface area contributed by atoms with E-state index in [4.69, 9.17) is 17.3 Å². The SMILES string of the molecule is CC(=O)Nc1ccc(-c2cnc(-c3ccc(NC(=S)NC(C)C)cc3)s2)c(S(=O)(=O)NCCO)c1. The molecule has 0 aliphatic heterocycles. The van der Waals surface area contributed by atoms with Gasteiger partial charge in [-0.05, 0) is 62.5 Å². The number of hydrogen-bond donors (Lipinski definition) is 5. The van der Waals surface area contributed by atoms with Crippen LogP contribution >= 0.6 is 23.6 Å². The van der Waals surface area contributed by atoms with Gasteiger partial charge in [0.2, 0.25) is 15.9 Å². The van der Waals surface area contributed by atoms with Gasteiger partial charge in [0.1, 0.15) is 5.01 Å². The van der Waals surface area contributed by atoms with Gasteiger partial charge in [-0.15, -0.1) is 11.3 Å². The van der Waals surface area contributed by atoms with E-state index in [0.29, 0.717) is 26.2 Å². The molecule has 35 heavy (non-hydrogen) atoms. The number of carbonyl (C=O) groups excluding carboxylic acids is 1. The quantitative estimate of drug-likeness (QED) is 0.265. The van der Waals surface area contributed by atoms with Crippen LogP contribution in [0.4, 0.5) is 11.4 Å². The number of hydrogen-bond acceptors (Lipinski definition) is 7. The normalized spacial score (nSPS) is 11.3. The molecule has 0 saturated carbocycles. The van der Waals surface area contributed by atoms with Gasteiger partial charge in [0.25, 0.3) is 0 Å². The molecule has 186 valence electrons. The monoisotopic (exact) mass is 533 g/mol. The minimum absolute atomic E-state index is 0.0156. The van der Waals surface area contributed by atoms with Crippen molar-refractivity contribution in [3.63, 3.8) is 0 Å². The van der Waals surface area contributed by atoms with Gasteiger partial charge >= 0.3 is 0 Å². The summed E-state index contributed by atoms with van der Waals surface area (Å²) >= 11 is 6.62. The highest BCUT2D eigenvalue weighted by Gasteiger charge is 2.22. The van der Waals surface area contributed by atoms with Gasteiger partial charge in [-0.25, -0.2) is 18.1 Å². The van der Waals surface area contributed by atoms with Gasteiger partial charge < -0.3 is 21.1 Å². The van der Waals surface area contributed by atoms with E-state index in [-0.39, 0.29) is 30.0 Å². The Morgan fingerprint density at radius 2 is 1.80 bits per heavy atom. The third kappa shape index (κ3) is 7.29. The van der Waals surface area contributed by atoms with Crippen LogP contribution in [0.25, 0.3) is 21.0 Å². The Labute approximate surface area is 214 Å². The number of nitrogens with zero attached hydrogens (tertiary/aromatic N) is 1. The largest absolute Gasteiger partial charge is 0.395 e. The molecule has 5 N–H and O–H groups in total. The van der Waals surface area contributed by atoms with Gasteiger partial charge in [-0.3, -0.25) is 4.79 Å². The number of aliphatic hydroxyl groups is 1. The Bertz CT molecular complexity index is 1300. The number of aliphatic hydroxyl groups excluding tert-OH is 1. The number of rotatable bonds is 9. The Hall–Kier alpha value is -2.90. The van der Waals surface area contributed by atoms with E-state index in [1.165, 1.54) is 24.3 Å². The van der Waals surface area contributed by atoms with Gasteiger partial charge in [-0.1, -0.05) is 6.07 Å².